The lowest BCUT2D eigenvalue weighted by Crippen LogP contribution is -2.54. The second-order valence-corrected chi connectivity index (χ2v) is 11.7. The maximum absolute atomic E-state index is 14.3. The topological polar surface area (TPSA) is 110 Å². The predicted molar refractivity (Wildman–Crippen MR) is 143 cm³/mol. The first-order valence-electron chi connectivity index (χ1n) is 13.1. The molecule has 9 nitrogen and oxygen atoms in total. The third kappa shape index (κ3) is 3.66. The number of esters is 1. The second-order valence-electron chi connectivity index (χ2n) is 10.7. The SMILES string of the molecule is COC(=O)C1C(CN([O-])C2=CC3OCOC3C=C2)[C@H](C2=CC(Cl)C(Cl)C=C2)O[C@@]12C(=O)c1ccccc1[C@@]21CO1. The highest BCUT2D eigenvalue weighted by Crippen LogP contribution is 2.65. The summed E-state index contributed by atoms with van der Waals surface area (Å²) < 4.78 is 29.1. The average Bonchev–Trinajstić information content (AvgIpc) is 3.45. The maximum atomic E-state index is 14.3. The van der Waals surface area contributed by atoms with Gasteiger partial charge in [0.15, 0.2) is 17.0 Å². The van der Waals surface area contributed by atoms with Crippen LogP contribution in [0.3, 0.4) is 0 Å². The van der Waals surface area contributed by atoms with Crippen LogP contribution in [0.2, 0.25) is 0 Å². The molecule has 0 bridgehead atoms. The fraction of sp³-hybridized carbons (Fsp3) is 0.448. The minimum atomic E-state index is -1.72. The van der Waals surface area contributed by atoms with Gasteiger partial charge in [-0.3, -0.25) is 9.59 Å². The van der Waals surface area contributed by atoms with Crippen molar-refractivity contribution in [3.05, 3.63) is 88.3 Å². The van der Waals surface area contributed by atoms with Crippen molar-refractivity contribution < 1.29 is 33.3 Å². The molecule has 11 heteroatoms. The van der Waals surface area contributed by atoms with E-state index in [-0.39, 0.29) is 37.9 Å². The van der Waals surface area contributed by atoms with Crippen molar-refractivity contribution in [1.29, 1.82) is 0 Å². The van der Waals surface area contributed by atoms with Gasteiger partial charge in [0, 0.05) is 29.3 Å². The highest BCUT2D eigenvalue weighted by atomic mass is 35.5. The molecule has 3 heterocycles. The lowest BCUT2D eigenvalue weighted by Gasteiger charge is -2.39. The number of nitrogens with zero attached hydrogens (tertiary/aromatic N) is 1. The third-order valence-electron chi connectivity index (χ3n) is 8.76. The number of benzene rings is 1. The number of alkyl halides is 2. The van der Waals surface area contributed by atoms with Crippen molar-refractivity contribution in [3.63, 3.8) is 0 Å². The van der Waals surface area contributed by atoms with E-state index < -0.39 is 45.9 Å². The summed E-state index contributed by atoms with van der Waals surface area (Å²) in [7, 11) is 1.26. The number of ketones is 1. The lowest BCUT2D eigenvalue weighted by atomic mass is 9.71. The van der Waals surface area contributed by atoms with Crippen LogP contribution in [-0.2, 0) is 34.1 Å². The average molecular weight is 587 g/mol. The molecule has 0 saturated carbocycles. The highest BCUT2D eigenvalue weighted by molar-refractivity contribution is 6.32. The number of fused-ring (bicyclic) bond motifs is 4. The molecule has 0 aromatic heterocycles. The zero-order valence-electron chi connectivity index (χ0n) is 21.4. The molecule has 6 unspecified atom stereocenters. The molecule has 0 radical (unpaired) electrons. The first-order chi connectivity index (χ1) is 19.3. The van der Waals surface area contributed by atoms with Crippen LogP contribution in [0.4, 0.5) is 0 Å². The number of epoxide rings is 1. The van der Waals surface area contributed by atoms with Crippen LogP contribution in [-0.4, -0.2) is 78.5 Å². The standard InChI is InChI=1S/C29H26Cl2NO8/c1-36-27(34)24-18(12-32(35)16-7-9-22-23(11-16)38-14-37-22)25(15-6-8-20(30)21(31)10-15)40-29(24)26(33)17-4-2-3-5-19(17)28(29)13-39-28/h2-11,18,20-25H,12-14H2,1H3/q-1/t18?,20?,21?,22?,23?,24?,25-,28-,29+/m0/s1. The fourth-order valence-electron chi connectivity index (χ4n) is 6.83. The Morgan fingerprint density at radius 1 is 1.12 bits per heavy atom. The van der Waals surface area contributed by atoms with Crippen molar-refractivity contribution >= 4 is 35.0 Å². The van der Waals surface area contributed by atoms with Crippen molar-refractivity contribution in [2.24, 2.45) is 11.8 Å². The summed E-state index contributed by atoms with van der Waals surface area (Å²) in [4.78, 5) is 27.9. The molecule has 9 atom stereocenters. The number of hydrogen-bond donors (Lipinski definition) is 0. The van der Waals surface area contributed by atoms with Crippen LogP contribution in [0.25, 0.3) is 0 Å². The van der Waals surface area contributed by atoms with Crippen molar-refractivity contribution in [1.82, 2.24) is 5.06 Å². The Morgan fingerprint density at radius 2 is 1.90 bits per heavy atom. The van der Waals surface area contributed by atoms with Gasteiger partial charge in [0.05, 0.1) is 30.6 Å². The van der Waals surface area contributed by atoms with E-state index in [2.05, 4.69) is 0 Å². The molecule has 3 aliphatic heterocycles. The molecular formula is C29H26Cl2NO8-. The second kappa shape index (κ2) is 9.52. The number of Topliss-reactive ketones (excluding diaryl/α,β-unsaturated/α-hetero) is 1. The number of ether oxygens (including phenoxy) is 5. The summed E-state index contributed by atoms with van der Waals surface area (Å²) >= 11 is 12.8. The quantitative estimate of drug-likeness (QED) is 0.222. The summed E-state index contributed by atoms with van der Waals surface area (Å²) in [6, 6.07) is 7.11. The van der Waals surface area contributed by atoms with Crippen molar-refractivity contribution in [2.45, 2.75) is 40.3 Å². The summed E-state index contributed by atoms with van der Waals surface area (Å²) in [6.45, 7) is 0.151. The molecule has 1 aromatic carbocycles. The Balaban J connectivity index is 1.33. The zero-order chi connectivity index (χ0) is 27.8. The van der Waals surface area contributed by atoms with E-state index in [1.54, 1.807) is 48.6 Å². The molecule has 3 fully saturated rings. The van der Waals surface area contributed by atoms with Crippen LogP contribution in [0.15, 0.2) is 72.0 Å². The van der Waals surface area contributed by atoms with Gasteiger partial charge in [-0.15, -0.1) is 23.2 Å². The van der Waals surface area contributed by atoms with E-state index in [0.29, 0.717) is 22.4 Å². The summed E-state index contributed by atoms with van der Waals surface area (Å²) in [5.41, 5.74) is -0.809. The first-order valence-corrected chi connectivity index (χ1v) is 14.0. The number of carbonyl (C=O) groups excluding carboxylic acids is 2. The third-order valence-corrected chi connectivity index (χ3v) is 9.70. The Morgan fingerprint density at radius 3 is 2.65 bits per heavy atom. The van der Waals surface area contributed by atoms with Crippen LogP contribution in [0.1, 0.15) is 15.9 Å². The van der Waals surface area contributed by atoms with E-state index in [4.69, 9.17) is 46.9 Å². The number of hydroxylamine groups is 2. The zero-order valence-corrected chi connectivity index (χ0v) is 22.9. The molecule has 3 aliphatic carbocycles. The van der Waals surface area contributed by atoms with Crippen LogP contribution >= 0.6 is 23.2 Å². The number of methoxy groups -OCH3 is 1. The van der Waals surface area contributed by atoms with Gasteiger partial charge in [-0.25, -0.2) is 0 Å². The van der Waals surface area contributed by atoms with E-state index in [9.17, 15) is 14.8 Å². The Bertz CT molecular complexity index is 1390. The van der Waals surface area contributed by atoms with Crippen molar-refractivity contribution in [2.75, 3.05) is 27.1 Å². The number of allylic oxidation sites excluding steroid dienone is 3. The van der Waals surface area contributed by atoms with Gasteiger partial charge in [0.2, 0.25) is 0 Å². The number of halogens is 2. The Kier molecular flexibility index (Phi) is 6.29. The van der Waals surface area contributed by atoms with Crippen LogP contribution in [0.5, 0.6) is 0 Å². The minimum Gasteiger partial charge on any atom is -0.758 e. The lowest BCUT2D eigenvalue weighted by molar-refractivity contribution is -0.154. The summed E-state index contributed by atoms with van der Waals surface area (Å²) in [5.74, 6) is -2.97. The minimum absolute atomic E-state index is 0.139. The predicted octanol–water partition coefficient (Wildman–Crippen LogP) is 3.36. The van der Waals surface area contributed by atoms with Gasteiger partial charge < -0.3 is 34.0 Å². The molecule has 6 aliphatic rings. The molecule has 210 valence electrons. The van der Waals surface area contributed by atoms with Gasteiger partial charge >= 0.3 is 5.97 Å². The molecule has 0 amide bonds. The first kappa shape index (κ1) is 26.4. The number of carbonyl (C=O) groups is 2. The van der Waals surface area contributed by atoms with Gasteiger partial charge in [0.25, 0.3) is 0 Å². The van der Waals surface area contributed by atoms with Crippen molar-refractivity contribution in [3.8, 4) is 0 Å². The summed E-state index contributed by atoms with van der Waals surface area (Å²) in [6.07, 6.45) is 8.92. The van der Waals surface area contributed by atoms with Gasteiger partial charge in [0.1, 0.15) is 24.9 Å². The molecular weight excluding hydrogens is 561 g/mol. The molecule has 2 spiro atoms. The Hall–Kier alpha value is -2.50. The van der Waals surface area contributed by atoms with Crippen LogP contribution in [0, 0.1) is 17.0 Å². The van der Waals surface area contributed by atoms with Gasteiger partial charge in [-0.2, -0.15) is 0 Å². The summed E-state index contributed by atoms with van der Waals surface area (Å²) in [5, 5.41) is 13.5. The van der Waals surface area contributed by atoms with Crippen LogP contribution < -0.4 is 0 Å². The van der Waals surface area contributed by atoms with E-state index in [0.717, 1.165) is 5.06 Å². The number of rotatable bonds is 5. The molecule has 7 rings (SSSR count). The van der Waals surface area contributed by atoms with E-state index in [1.807, 2.05) is 12.1 Å². The monoisotopic (exact) mass is 586 g/mol. The normalized spacial score (nSPS) is 40.7. The molecule has 3 saturated heterocycles. The molecule has 40 heavy (non-hydrogen) atoms. The van der Waals surface area contributed by atoms with E-state index in [1.165, 1.54) is 7.11 Å². The number of hydrogen-bond acceptors (Lipinski definition) is 9. The van der Waals surface area contributed by atoms with Gasteiger partial charge in [-0.05, 0) is 17.7 Å². The van der Waals surface area contributed by atoms with E-state index >= 15 is 0 Å². The van der Waals surface area contributed by atoms with Gasteiger partial charge in [-0.1, -0.05) is 48.6 Å². The smallest absolute Gasteiger partial charge is 0.312 e. The fourth-order valence-corrected chi connectivity index (χ4v) is 7.20. The maximum Gasteiger partial charge on any atom is 0.312 e. The highest BCUT2D eigenvalue weighted by Gasteiger charge is 2.81. The largest absolute Gasteiger partial charge is 0.758 e. The molecule has 1 aromatic rings. The molecule has 0 N–H and O–H groups in total. The Labute approximate surface area is 240 Å².